The van der Waals surface area contributed by atoms with Crippen LogP contribution in [0.5, 0.6) is 0 Å². The molecule has 0 heterocycles. The van der Waals surface area contributed by atoms with E-state index in [2.05, 4.69) is 50.5 Å². The molecule has 3 atom stereocenters. The molecule has 1 aromatic rings. The number of benzene rings is 1. The van der Waals surface area contributed by atoms with Gasteiger partial charge in [0.25, 0.3) is 0 Å². The lowest BCUT2D eigenvalue weighted by molar-refractivity contribution is 0.462. The van der Waals surface area contributed by atoms with Crippen LogP contribution in [0.2, 0.25) is 0 Å². The Balaban J connectivity index is 1.97. The largest absolute Gasteiger partial charge is 0.307 e. The van der Waals surface area contributed by atoms with Crippen molar-refractivity contribution < 1.29 is 0 Å². The van der Waals surface area contributed by atoms with Crippen LogP contribution in [-0.2, 0) is 0 Å². The fourth-order valence-corrected chi connectivity index (χ4v) is 3.81. The number of aryl methyl sites for hydroxylation is 2. The molecule has 0 radical (unpaired) electrons. The third-order valence-corrected chi connectivity index (χ3v) is 5.04. The van der Waals surface area contributed by atoms with E-state index in [1.54, 1.807) is 0 Å². The fraction of sp³-hybridized carbons (Fsp3) is 0.625. The second-order valence-electron chi connectivity index (χ2n) is 5.68. The standard InChI is InChI=1S/C16H25NS/c1-11-7-12(2)9-14(8-11)13(3)17-15-5-6-16(10-15)18-4/h7-9,13,15-17H,5-6,10H2,1-4H3. The van der Waals surface area contributed by atoms with Crippen molar-refractivity contribution in [3.63, 3.8) is 0 Å². The first-order chi connectivity index (χ1) is 8.58. The van der Waals surface area contributed by atoms with E-state index in [0.717, 1.165) is 5.25 Å². The maximum atomic E-state index is 3.80. The van der Waals surface area contributed by atoms with Crippen molar-refractivity contribution in [1.29, 1.82) is 0 Å². The van der Waals surface area contributed by atoms with Crippen LogP contribution in [0, 0.1) is 13.8 Å². The van der Waals surface area contributed by atoms with E-state index in [4.69, 9.17) is 0 Å². The number of nitrogens with one attached hydrogen (secondary N) is 1. The van der Waals surface area contributed by atoms with Crippen LogP contribution in [0.3, 0.4) is 0 Å². The molecule has 3 unspecified atom stereocenters. The fourth-order valence-electron chi connectivity index (χ4n) is 3.02. The topological polar surface area (TPSA) is 12.0 Å². The Morgan fingerprint density at radius 1 is 1.17 bits per heavy atom. The van der Waals surface area contributed by atoms with Gasteiger partial charge in [0.1, 0.15) is 0 Å². The minimum atomic E-state index is 0.467. The van der Waals surface area contributed by atoms with Crippen molar-refractivity contribution in [1.82, 2.24) is 5.32 Å². The van der Waals surface area contributed by atoms with Gasteiger partial charge in [-0.25, -0.2) is 0 Å². The molecule has 0 bridgehead atoms. The summed E-state index contributed by atoms with van der Waals surface area (Å²) in [6.45, 7) is 6.66. The van der Waals surface area contributed by atoms with Crippen LogP contribution in [0.4, 0.5) is 0 Å². The molecule has 100 valence electrons. The van der Waals surface area contributed by atoms with Crippen molar-refractivity contribution in [2.75, 3.05) is 6.26 Å². The molecule has 1 aliphatic rings. The smallest absolute Gasteiger partial charge is 0.0294 e. The second-order valence-corrected chi connectivity index (χ2v) is 6.82. The van der Waals surface area contributed by atoms with E-state index in [0.29, 0.717) is 12.1 Å². The van der Waals surface area contributed by atoms with Crippen LogP contribution in [0.1, 0.15) is 48.9 Å². The van der Waals surface area contributed by atoms with Gasteiger partial charge in [0.2, 0.25) is 0 Å². The zero-order valence-electron chi connectivity index (χ0n) is 12.0. The van der Waals surface area contributed by atoms with Gasteiger partial charge in [-0.3, -0.25) is 0 Å². The average Bonchev–Trinajstić information content (AvgIpc) is 2.75. The zero-order chi connectivity index (χ0) is 13.1. The molecule has 18 heavy (non-hydrogen) atoms. The number of hydrogen-bond donors (Lipinski definition) is 1. The molecule has 1 fully saturated rings. The van der Waals surface area contributed by atoms with E-state index in [-0.39, 0.29) is 0 Å². The lowest BCUT2D eigenvalue weighted by Crippen LogP contribution is -2.29. The van der Waals surface area contributed by atoms with Crippen LogP contribution < -0.4 is 5.32 Å². The molecular formula is C16H25NS. The summed E-state index contributed by atoms with van der Waals surface area (Å²) in [6.07, 6.45) is 6.27. The molecule has 0 aliphatic heterocycles. The van der Waals surface area contributed by atoms with Gasteiger partial charge in [0, 0.05) is 17.3 Å². The highest BCUT2D eigenvalue weighted by atomic mass is 32.2. The molecule has 1 aromatic carbocycles. The van der Waals surface area contributed by atoms with E-state index in [1.807, 2.05) is 11.8 Å². The van der Waals surface area contributed by atoms with Crippen LogP contribution in [0.15, 0.2) is 18.2 Å². The minimum Gasteiger partial charge on any atom is -0.307 e. The first kappa shape index (κ1) is 14.0. The summed E-state index contributed by atoms with van der Waals surface area (Å²) in [5, 5.41) is 4.67. The predicted molar refractivity (Wildman–Crippen MR) is 82.4 cm³/mol. The van der Waals surface area contributed by atoms with Gasteiger partial charge in [0.05, 0.1) is 0 Å². The van der Waals surface area contributed by atoms with E-state index in [1.165, 1.54) is 36.0 Å². The third kappa shape index (κ3) is 3.52. The van der Waals surface area contributed by atoms with Crippen LogP contribution in [-0.4, -0.2) is 17.5 Å². The third-order valence-electron chi connectivity index (χ3n) is 3.95. The highest BCUT2D eigenvalue weighted by Gasteiger charge is 2.25. The predicted octanol–water partition coefficient (Wildman–Crippen LogP) is 4.24. The van der Waals surface area contributed by atoms with Crippen molar-refractivity contribution in [2.45, 2.75) is 57.4 Å². The van der Waals surface area contributed by atoms with Gasteiger partial charge in [-0.15, -0.1) is 0 Å². The number of thioether (sulfide) groups is 1. The Morgan fingerprint density at radius 3 is 2.39 bits per heavy atom. The van der Waals surface area contributed by atoms with E-state index in [9.17, 15) is 0 Å². The van der Waals surface area contributed by atoms with Crippen LogP contribution >= 0.6 is 11.8 Å². The summed E-state index contributed by atoms with van der Waals surface area (Å²) >= 11 is 2.02. The Morgan fingerprint density at radius 2 is 1.83 bits per heavy atom. The van der Waals surface area contributed by atoms with Gasteiger partial charge in [0.15, 0.2) is 0 Å². The first-order valence-corrected chi connectivity index (χ1v) is 8.24. The molecule has 0 aromatic heterocycles. The molecule has 1 saturated carbocycles. The minimum absolute atomic E-state index is 0.467. The molecule has 1 aliphatic carbocycles. The van der Waals surface area contributed by atoms with Crippen molar-refractivity contribution >= 4 is 11.8 Å². The SMILES string of the molecule is CSC1CCC(NC(C)c2cc(C)cc(C)c2)C1. The maximum absolute atomic E-state index is 3.80. The van der Waals surface area contributed by atoms with E-state index >= 15 is 0 Å². The monoisotopic (exact) mass is 263 g/mol. The van der Waals surface area contributed by atoms with Crippen molar-refractivity contribution in [3.05, 3.63) is 34.9 Å². The Labute approximate surface area is 116 Å². The van der Waals surface area contributed by atoms with E-state index < -0.39 is 0 Å². The first-order valence-electron chi connectivity index (χ1n) is 6.95. The van der Waals surface area contributed by atoms with Gasteiger partial charge >= 0.3 is 0 Å². The summed E-state index contributed by atoms with van der Waals surface area (Å²) < 4.78 is 0. The van der Waals surface area contributed by atoms with Crippen molar-refractivity contribution in [2.24, 2.45) is 0 Å². The highest BCUT2D eigenvalue weighted by molar-refractivity contribution is 7.99. The molecule has 0 saturated heterocycles. The summed E-state index contributed by atoms with van der Waals surface area (Å²) in [5.74, 6) is 0. The maximum Gasteiger partial charge on any atom is 0.0294 e. The van der Waals surface area contributed by atoms with Crippen LogP contribution in [0.25, 0.3) is 0 Å². The van der Waals surface area contributed by atoms with Crippen molar-refractivity contribution in [3.8, 4) is 0 Å². The Hall–Kier alpha value is -0.470. The second kappa shape index (κ2) is 6.12. The quantitative estimate of drug-likeness (QED) is 0.872. The number of rotatable bonds is 4. The lowest BCUT2D eigenvalue weighted by atomic mass is 10.0. The molecule has 0 amide bonds. The summed E-state index contributed by atoms with van der Waals surface area (Å²) in [6, 6.07) is 8.04. The summed E-state index contributed by atoms with van der Waals surface area (Å²) in [7, 11) is 0. The van der Waals surface area contributed by atoms with Gasteiger partial charge in [-0.2, -0.15) is 11.8 Å². The molecule has 1 N–H and O–H groups in total. The normalized spacial score (nSPS) is 25.3. The van der Waals surface area contributed by atoms with Gasteiger partial charge in [-0.05, 0) is 51.9 Å². The van der Waals surface area contributed by atoms with Gasteiger partial charge in [-0.1, -0.05) is 29.3 Å². The Kier molecular flexibility index (Phi) is 4.74. The molecule has 0 spiro atoms. The summed E-state index contributed by atoms with van der Waals surface area (Å²) in [5.41, 5.74) is 4.17. The number of hydrogen-bond acceptors (Lipinski definition) is 2. The molecule has 1 nitrogen and oxygen atoms in total. The average molecular weight is 263 g/mol. The zero-order valence-corrected chi connectivity index (χ0v) is 12.8. The lowest BCUT2D eigenvalue weighted by Gasteiger charge is -2.21. The molecular weight excluding hydrogens is 238 g/mol. The summed E-state index contributed by atoms with van der Waals surface area (Å²) in [4.78, 5) is 0. The highest BCUT2D eigenvalue weighted by Crippen LogP contribution is 2.30. The Bertz CT molecular complexity index is 382. The molecule has 2 heteroatoms. The molecule has 2 rings (SSSR count). The van der Waals surface area contributed by atoms with Gasteiger partial charge < -0.3 is 5.32 Å².